The molecule has 0 heterocycles. The first kappa shape index (κ1) is 13.1. The number of benzene rings is 1. The maximum absolute atomic E-state index is 13.4. The lowest BCUT2D eigenvalue weighted by atomic mass is 10.2. The quantitative estimate of drug-likeness (QED) is 0.883. The lowest BCUT2D eigenvalue weighted by Crippen LogP contribution is -2.36. The Bertz CT molecular complexity index is 413. The molecular weight excluding hydrogens is 255 g/mol. The second kappa shape index (κ2) is 6.05. The highest BCUT2D eigenvalue weighted by molar-refractivity contribution is 6.33. The summed E-state index contributed by atoms with van der Waals surface area (Å²) in [4.78, 5) is 11.7. The van der Waals surface area contributed by atoms with Crippen molar-refractivity contribution in [2.75, 3.05) is 11.9 Å². The van der Waals surface area contributed by atoms with E-state index in [1.54, 1.807) is 6.07 Å². The molecule has 1 amide bonds. The molecule has 98 valence electrons. The molecule has 5 heteroatoms. The number of anilines is 1. The summed E-state index contributed by atoms with van der Waals surface area (Å²) in [5.74, 6) is -0.572. The van der Waals surface area contributed by atoms with Gasteiger partial charge in [0.25, 0.3) is 0 Å². The van der Waals surface area contributed by atoms with Gasteiger partial charge in [0.1, 0.15) is 5.82 Å². The molecule has 0 bridgehead atoms. The molecule has 0 unspecified atom stereocenters. The Hall–Kier alpha value is -1.29. The van der Waals surface area contributed by atoms with E-state index < -0.39 is 5.82 Å². The molecule has 2 rings (SSSR count). The number of hydrogen-bond donors (Lipinski definition) is 2. The highest BCUT2D eigenvalue weighted by Crippen LogP contribution is 2.24. The molecule has 1 aromatic carbocycles. The van der Waals surface area contributed by atoms with E-state index >= 15 is 0 Å². The molecule has 18 heavy (non-hydrogen) atoms. The third kappa shape index (κ3) is 3.35. The fraction of sp³-hybridized carbons (Fsp3) is 0.462. The van der Waals surface area contributed by atoms with Gasteiger partial charge in [-0.15, -0.1) is 0 Å². The van der Waals surface area contributed by atoms with Crippen LogP contribution in [0.15, 0.2) is 18.2 Å². The van der Waals surface area contributed by atoms with Crippen LogP contribution in [-0.2, 0) is 4.79 Å². The predicted octanol–water partition coefficient (Wildman–Crippen LogP) is 2.95. The molecule has 0 aliphatic heterocycles. The van der Waals surface area contributed by atoms with E-state index in [0.29, 0.717) is 0 Å². The van der Waals surface area contributed by atoms with E-state index in [9.17, 15) is 9.18 Å². The second-order valence-electron chi connectivity index (χ2n) is 4.50. The van der Waals surface area contributed by atoms with Gasteiger partial charge in [-0.3, -0.25) is 4.79 Å². The molecule has 0 saturated heterocycles. The fourth-order valence-corrected chi connectivity index (χ4v) is 2.41. The van der Waals surface area contributed by atoms with E-state index in [0.717, 1.165) is 25.7 Å². The summed E-state index contributed by atoms with van der Waals surface area (Å²) in [6.07, 6.45) is 4.40. The third-order valence-electron chi connectivity index (χ3n) is 3.11. The molecule has 1 fully saturated rings. The Labute approximate surface area is 111 Å². The fourth-order valence-electron chi connectivity index (χ4n) is 2.18. The molecule has 1 saturated carbocycles. The van der Waals surface area contributed by atoms with Crippen LogP contribution in [-0.4, -0.2) is 18.5 Å². The number of halogens is 2. The SMILES string of the molecule is O=C(CNc1c(F)cccc1Cl)NC1CCCC1. The first-order valence-electron chi connectivity index (χ1n) is 6.14. The molecule has 1 aliphatic rings. The largest absolute Gasteiger partial charge is 0.373 e. The first-order valence-corrected chi connectivity index (χ1v) is 6.52. The Morgan fingerprint density at radius 3 is 2.78 bits per heavy atom. The average molecular weight is 271 g/mol. The highest BCUT2D eigenvalue weighted by atomic mass is 35.5. The zero-order valence-corrected chi connectivity index (χ0v) is 10.8. The summed E-state index contributed by atoms with van der Waals surface area (Å²) < 4.78 is 13.4. The van der Waals surface area contributed by atoms with Crippen LogP contribution in [0.1, 0.15) is 25.7 Å². The molecule has 1 aromatic rings. The maximum atomic E-state index is 13.4. The zero-order chi connectivity index (χ0) is 13.0. The number of para-hydroxylation sites is 1. The first-order chi connectivity index (χ1) is 8.66. The Balaban J connectivity index is 1.85. The number of nitrogens with one attached hydrogen (secondary N) is 2. The van der Waals surface area contributed by atoms with Crippen molar-refractivity contribution in [1.82, 2.24) is 5.32 Å². The Morgan fingerprint density at radius 1 is 1.39 bits per heavy atom. The molecule has 2 N–H and O–H groups in total. The molecule has 3 nitrogen and oxygen atoms in total. The number of carbonyl (C=O) groups excluding carboxylic acids is 1. The van der Waals surface area contributed by atoms with Crippen molar-refractivity contribution in [3.63, 3.8) is 0 Å². The number of hydrogen-bond acceptors (Lipinski definition) is 2. The van der Waals surface area contributed by atoms with E-state index in [1.165, 1.54) is 12.1 Å². The lowest BCUT2D eigenvalue weighted by molar-refractivity contribution is -0.120. The molecule has 0 radical (unpaired) electrons. The minimum absolute atomic E-state index is 0.0388. The second-order valence-corrected chi connectivity index (χ2v) is 4.91. The van der Waals surface area contributed by atoms with Gasteiger partial charge in [0, 0.05) is 6.04 Å². The van der Waals surface area contributed by atoms with Gasteiger partial charge in [0.2, 0.25) is 5.91 Å². The van der Waals surface area contributed by atoms with Gasteiger partial charge in [-0.25, -0.2) is 4.39 Å². The topological polar surface area (TPSA) is 41.1 Å². The smallest absolute Gasteiger partial charge is 0.239 e. The molecule has 0 spiro atoms. The summed E-state index contributed by atoms with van der Waals surface area (Å²) in [5.41, 5.74) is 0.181. The third-order valence-corrected chi connectivity index (χ3v) is 3.42. The summed E-state index contributed by atoms with van der Waals surface area (Å²) in [5, 5.41) is 5.94. The molecule has 1 aliphatic carbocycles. The van der Waals surface area contributed by atoms with Crippen LogP contribution >= 0.6 is 11.6 Å². The van der Waals surface area contributed by atoms with Crippen molar-refractivity contribution in [1.29, 1.82) is 0 Å². The van der Waals surface area contributed by atoms with Crippen molar-refractivity contribution >= 4 is 23.2 Å². The van der Waals surface area contributed by atoms with Crippen molar-refractivity contribution in [3.8, 4) is 0 Å². The summed E-state index contributed by atoms with van der Waals surface area (Å²) in [6, 6.07) is 4.70. The maximum Gasteiger partial charge on any atom is 0.239 e. The normalized spacial score (nSPS) is 15.7. The van der Waals surface area contributed by atoms with Gasteiger partial charge >= 0.3 is 0 Å². The van der Waals surface area contributed by atoms with E-state index in [2.05, 4.69) is 10.6 Å². The zero-order valence-electron chi connectivity index (χ0n) is 10.0. The summed E-state index contributed by atoms with van der Waals surface area (Å²) in [7, 11) is 0. The number of amides is 1. The van der Waals surface area contributed by atoms with Crippen LogP contribution in [0.2, 0.25) is 5.02 Å². The van der Waals surface area contributed by atoms with Gasteiger partial charge in [-0.1, -0.05) is 30.5 Å². The lowest BCUT2D eigenvalue weighted by Gasteiger charge is -2.13. The standard InChI is InChI=1S/C13H16ClFN2O/c14-10-6-3-7-11(15)13(10)16-8-12(18)17-9-4-1-2-5-9/h3,6-7,9,16H,1-2,4-5,8H2,(H,17,18). The van der Waals surface area contributed by atoms with Gasteiger partial charge in [-0.2, -0.15) is 0 Å². The van der Waals surface area contributed by atoms with Gasteiger partial charge in [0.15, 0.2) is 0 Å². The average Bonchev–Trinajstić information content (AvgIpc) is 2.81. The van der Waals surface area contributed by atoms with Gasteiger partial charge in [0.05, 0.1) is 17.3 Å². The Morgan fingerprint density at radius 2 is 2.11 bits per heavy atom. The predicted molar refractivity (Wildman–Crippen MR) is 70.3 cm³/mol. The van der Waals surface area contributed by atoms with Crippen LogP contribution in [0, 0.1) is 5.82 Å². The number of carbonyl (C=O) groups is 1. The van der Waals surface area contributed by atoms with Gasteiger partial charge < -0.3 is 10.6 Å². The Kier molecular flexibility index (Phi) is 4.42. The van der Waals surface area contributed by atoms with Crippen molar-refractivity contribution < 1.29 is 9.18 Å². The minimum Gasteiger partial charge on any atom is -0.373 e. The highest BCUT2D eigenvalue weighted by Gasteiger charge is 2.17. The summed E-state index contributed by atoms with van der Waals surface area (Å²) in [6.45, 7) is 0.0388. The van der Waals surface area contributed by atoms with E-state index in [1.807, 2.05) is 0 Å². The van der Waals surface area contributed by atoms with E-state index in [-0.39, 0.29) is 29.2 Å². The van der Waals surface area contributed by atoms with Crippen LogP contribution in [0.5, 0.6) is 0 Å². The molecule has 0 aromatic heterocycles. The monoisotopic (exact) mass is 270 g/mol. The van der Waals surface area contributed by atoms with Crippen LogP contribution < -0.4 is 10.6 Å². The minimum atomic E-state index is -0.448. The van der Waals surface area contributed by atoms with Crippen LogP contribution in [0.4, 0.5) is 10.1 Å². The van der Waals surface area contributed by atoms with Crippen LogP contribution in [0.3, 0.4) is 0 Å². The van der Waals surface area contributed by atoms with Crippen molar-refractivity contribution in [2.24, 2.45) is 0 Å². The van der Waals surface area contributed by atoms with Gasteiger partial charge in [-0.05, 0) is 25.0 Å². The van der Waals surface area contributed by atoms with Crippen molar-refractivity contribution in [2.45, 2.75) is 31.7 Å². The van der Waals surface area contributed by atoms with E-state index in [4.69, 9.17) is 11.6 Å². The van der Waals surface area contributed by atoms with Crippen LogP contribution in [0.25, 0.3) is 0 Å². The summed E-state index contributed by atoms with van der Waals surface area (Å²) >= 11 is 5.85. The molecule has 0 atom stereocenters. The molecular formula is C13H16ClFN2O. The number of rotatable bonds is 4. The van der Waals surface area contributed by atoms with Crippen molar-refractivity contribution in [3.05, 3.63) is 29.0 Å².